The van der Waals surface area contributed by atoms with Gasteiger partial charge in [0, 0.05) is 26.3 Å². The lowest BCUT2D eigenvalue weighted by molar-refractivity contribution is 0.524. The van der Waals surface area contributed by atoms with E-state index < -0.39 is 26.2 Å². The Morgan fingerprint density at radius 1 is 1.12 bits per heavy atom. The largest absolute Gasteiger partial charge is 0.330 e. The summed E-state index contributed by atoms with van der Waals surface area (Å²) >= 11 is 0. The molecule has 0 aliphatic heterocycles. The van der Waals surface area contributed by atoms with Crippen LogP contribution in [0.1, 0.15) is 24.4 Å². The number of nitrogens with zero attached hydrogens (tertiary/aromatic N) is 2. The Kier molecular flexibility index (Phi) is 4.18. The topological polar surface area (TPSA) is 90.2 Å². The van der Waals surface area contributed by atoms with Gasteiger partial charge in [0.25, 0.3) is 5.56 Å². The molecule has 3 rings (SSSR count). The highest BCUT2D eigenvalue weighted by atomic mass is 32.2. The molecule has 0 spiro atoms. The van der Waals surface area contributed by atoms with Gasteiger partial charge in [-0.15, -0.1) is 0 Å². The molecule has 1 aliphatic carbocycles. The van der Waals surface area contributed by atoms with Crippen LogP contribution in [-0.2, 0) is 24.1 Å². The summed E-state index contributed by atoms with van der Waals surface area (Å²) in [5, 5.41) is 0. The summed E-state index contributed by atoms with van der Waals surface area (Å²) in [6, 6.07) is 8.92. The molecule has 24 heavy (non-hydrogen) atoms. The second-order valence-electron chi connectivity index (χ2n) is 6.10. The van der Waals surface area contributed by atoms with Crippen molar-refractivity contribution in [1.82, 2.24) is 13.9 Å². The molecule has 1 unspecified atom stereocenters. The highest BCUT2D eigenvalue weighted by Gasteiger charge is 2.36. The van der Waals surface area contributed by atoms with Crippen molar-refractivity contribution < 1.29 is 8.42 Å². The van der Waals surface area contributed by atoms with Gasteiger partial charge in [0.15, 0.2) is 4.90 Å². The predicted molar refractivity (Wildman–Crippen MR) is 89.2 cm³/mol. The third-order valence-corrected chi connectivity index (χ3v) is 5.66. The zero-order valence-corrected chi connectivity index (χ0v) is 14.3. The van der Waals surface area contributed by atoms with E-state index in [9.17, 15) is 18.0 Å². The van der Waals surface area contributed by atoms with Crippen molar-refractivity contribution in [2.24, 2.45) is 20.0 Å². The van der Waals surface area contributed by atoms with E-state index in [4.69, 9.17) is 0 Å². The summed E-state index contributed by atoms with van der Waals surface area (Å²) < 4.78 is 30.0. The number of hydrogen-bond acceptors (Lipinski definition) is 4. The monoisotopic (exact) mass is 349 g/mol. The third-order valence-electron chi connectivity index (χ3n) is 4.24. The summed E-state index contributed by atoms with van der Waals surface area (Å²) in [5.41, 5.74) is -0.529. The maximum atomic E-state index is 12.7. The Morgan fingerprint density at radius 2 is 1.75 bits per heavy atom. The van der Waals surface area contributed by atoms with E-state index in [0.29, 0.717) is 0 Å². The maximum Gasteiger partial charge on any atom is 0.330 e. The average Bonchev–Trinajstić information content (AvgIpc) is 3.39. The van der Waals surface area contributed by atoms with E-state index in [0.717, 1.165) is 33.7 Å². The summed E-state index contributed by atoms with van der Waals surface area (Å²) in [4.78, 5) is 23.5. The number of hydrogen-bond donors (Lipinski definition) is 1. The van der Waals surface area contributed by atoms with E-state index in [2.05, 4.69) is 4.72 Å². The minimum absolute atomic E-state index is 0.221. The summed E-state index contributed by atoms with van der Waals surface area (Å²) in [6.07, 6.45) is 2.95. The van der Waals surface area contributed by atoms with Gasteiger partial charge in [0.05, 0.1) is 0 Å². The number of aromatic nitrogens is 2. The van der Waals surface area contributed by atoms with Crippen LogP contribution in [0.4, 0.5) is 0 Å². The minimum atomic E-state index is -4.05. The van der Waals surface area contributed by atoms with Gasteiger partial charge >= 0.3 is 5.69 Å². The first kappa shape index (κ1) is 16.7. The second kappa shape index (κ2) is 6.03. The van der Waals surface area contributed by atoms with E-state index in [1.807, 2.05) is 30.3 Å². The molecule has 1 N–H and O–H groups in total. The lowest BCUT2D eigenvalue weighted by Gasteiger charge is -2.19. The van der Waals surface area contributed by atoms with Gasteiger partial charge in [-0.25, -0.2) is 17.9 Å². The average molecular weight is 349 g/mol. The lowest BCUT2D eigenvalue weighted by Crippen LogP contribution is -2.42. The van der Waals surface area contributed by atoms with Crippen molar-refractivity contribution in [3.8, 4) is 0 Å². The highest BCUT2D eigenvalue weighted by molar-refractivity contribution is 7.89. The van der Waals surface area contributed by atoms with E-state index in [1.54, 1.807) is 0 Å². The number of rotatable bonds is 5. The number of benzene rings is 1. The van der Waals surface area contributed by atoms with Gasteiger partial charge in [-0.1, -0.05) is 30.3 Å². The van der Waals surface area contributed by atoms with E-state index >= 15 is 0 Å². The molecular weight excluding hydrogens is 330 g/mol. The summed E-state index contributed by atoms with van der Waals surface area (Å²) in [5.74, 6) is 0.221. The SMILES string of the molecule is Cn1cc(S(=O)(=O)NC(c2ccccc2)C2CC2)c(=O)n(C)c1=O. The van der Waals surface area contributed by atoms with Gasteiger partial charge in [-0.2, -0.15) is 0 Å². The summed E-state index contributed by atoms with van der Waals surface area (Å²) in [7, 11) is -1.37. The summed E-state index contributed by atoms with van der Waals surface area (Å²) in [6.45, 7) is 0. The molecular formula is C16H19N3O4S. The molecule has 1 saturated carbocycles. The van der Waals surface area contributed by atoms with Gasteiger partial charge in [-0.05, 0) is 24.3 Å². The smallest absolute Gasteiger partial charge is 0.302 e. The first-order valence-corrected chi connectivity index (χ1v) is 9.13. The molecule has 1 aliphatic rings. The fraction of sp³-hybridized carbons (Fsp3) is 0.375. The normalized spacial score (nSPS) is 16.1. The number of sulfonamides is 1. The van der Waals surface area contributed by atoms with Crippen LogP contribution < -0.4 is 16.0 Å². The van der Waals surface area contributed by atoms with E-state index in [1.165, 1.54) is 14.1 Å². The minimum Gasteiger partial charge on any atom is -0.302 e. The van der Waals surface area contributed by atoms with Crippen LogP contribution in [0, 0.1) is 5.92 Å². The molecule has 2 aromatic rings. The van der Waals surface area contributed by atoms with Crippen LogP contribution in [0.2, 0.25) is 0 Å². The highest BCUT2D eigenvalue weighted by Crippen LogP contribution is 2.41. The molecule has 128 valence electrons. The van der Waals surface area contributed by atoms with Gasteiger partial charge < -0.3 is 4.57 Å². The predicted octanol–water partition coefficient (Wildman–Crippen LogP) is 0.514. The Balaban J connectivity index is 2.02. The molecule has 1 aromatic heterocycles. The van der Waals surface area contributed by atoms with Crippen molar-refractivity contribution in [1.29, 1.82) is 0 Å². The molecule has 0 saturated heterocycles. The molecule has 1 fully saturated rings. The van der Waals surface area contributed by atoms with Crippen molar-refractivity contribution in [2.45, 2.75) is 23.8 Å². The Morgan fingerprint density at radius 3 is 2.33 bits per heavy atom. The van der Waals surface area contributed by atoms with Crippen LogP contribution in [0.5, 0.6) is 0 Å². The molecule has 1 aromatic carbocycles. The molecule has 1 atom stereocenters. The molecule has 8 heteroatoms. The number of aryl methyl sites for hydroxylation is 1. The quantitative estimate of drug-likeness (QED) is 0.852. The fourth-order valence-corrected chi connectivity index (χ4v) is 4.17. The lowest BCUT2D eigenvalue weighted by atomic mass is 10.0. The van der Waals surface area contributed by atoms with Gasteiger partial charge in [0.2, 0.25) is 10.0 Å². The standard InChI is InChI=1S/C16H19N3O4S/c1-18-10-13(15(20)19(2)16(18)21)24(22,23)17-14(12-8-9-12)11-6-4-3-5-7-11/h3-7,10,12,14,17H,8-9H2,1-2H3. The van der Waals surface area contributed by atoms with Crippen LogP contribution in [0.15, 0.2) is 51.0 Å². The Bertz CT molecular complexity index is 973. The molecule has 0 radical (unpaired) electrons. The maximum absolute atomic E-state index is 12.7. The zero-order valence-electron chi connectivity index (χ0n) is 13.5. The fourth-order valence-electron chi connectivity index (χ4n) is 2.72. The zero-order chi connectivity index (χ0) is 17.5. The van der Waals surface area contributed by atoms with E-state index in [-0.39, 0.29) is 12.0 Å². The third kappa shape index (κ3) is 3.07. The first-order valence-electron chi connectivity index (χ1n) is 7.65. The molecule has 7 nitrogen and oxygen atoms in total. The van der Waals surface area contributed by atoms with Crippen molar-refractivity contribution >= 4 is 10.0 Å². The van der Waals surface area contributed by atoms with Crippen LogP contribution in [0.25, 0.3) is 0 Å². The second-order valence-corrected chi connectivity index (χ2v) is 7.78. The Hall–Kier alpha value is -2.19. The van der Waals surface area contributed by atoms with Crippen LogP contribution in [-0.4, -0.2) is 17.6 Å². The first-order chi connectivity index (χ1) is 11.3. The van der Waals surface area contributed by atoms with Crippen LogP contribution >= 0.6 is 0 Å². The van der Waals surface area contributed by atoms with Crippen molar-refractivity contribution in [3.05, 3.63) is 62.9 Å². The van der Waals surface area contributed by atoms with Crippen molar-refractivity contribution in [3.63, 3.8) is 0 Å². The number of nitrogens with one attached hydrogen (secondary N) is 1. The molecule has 0 bridgehead atoms. The van der Waals surface area contributed by atoms with Gasteiger partial charge in [0.1, 0.15) is 0 Å². The Labute approximate surface area is 139 Å². The van der Waals surface area contributed by atoms with Gasteiger partial charge in [-0.3, -0.25) is 9.36 Å². The molecule has 1 heterocycles. The van der Waals surface area contributed by atoms with Crippen LogP contribution in [0.3, 0.4) is 0 Å². The van der Waals surface area contributed by atoms with Crippen molar-refractivity contribution in [2.75, 3.05) is 0 Å². The molecule has 0 amide bonds.